The van der Waals surface area contributed by atoms with Crippen molar-refractivity contribution in [3.05, 3.63) is 9.66 Å². The number of allylic oxidation sites excluding steroid dienone is 1. The summed E-state index contributed by atoms with van der Waals surface area (Å²) < 4.78 is 5.68. The minimum atomic E-state index is 0.975. The highest BCUT2D eigenvalue weighted by atomic mass is 127. The van der Waals surface area contributed by atoms with Crippen molar-refractivity contribution in [2.45, 2.75) is 13.8 Å². The lowest BCUT2D eigenvalue weighted by atomic mass is 10.2. The van der Waals surface area contributed by atoms with E-state index in [0.29, 0.717) is 0 Å². The summed E-state index contributed by atoms with van der Waals surface area (Å²) in [5, 5.41) is 0. The molecule has 0 N–H and O–H groups in total. The Bertz CT molecular complexity index is 112. The van der Waals surface area contributed by atoms with Crippen LogP contribution in [0.3, 0.4) is 0 Å². The van der Waals surface area contributed by atoms with Gasteiger partial charge in [0.2, 0.25) is 0 Å². The highest BCUT2D eigenvalue weighted by Gasteiger charge is 1.88. The van der Waals surface area contributed by atoms with Gasteiger partial charge in [-0.1, -0.05) is 22.6 Å². The van der Waals surface area contributed by atoms with E-state index in [1.807, 2.05) is 17.9 Å². The van der Waals surface area contributed by atoms with Crippen LogP contribution in [-0.4, -0.2) is 5.71 Å². The van der Waals surface area contributed by atoms with Crippen LogP contribution < -0.4 is 0 Å². The second-order valence-corrected chi connectivity index (χ2v) is 2.30. The van der Waals surface area contributed by atoms with Crippen LogP contribution in [0.5, 0.6) is 0 Å². The minimum absolute atomic E-state index is 0.975. The Kier molecular flexibility index (Phi) is 4.64. The van der Waals surface area contributed by atoms with E-state index in [1.54, 1.807) is 0 Å². The largest absolute Gasteiger partial charge is 0.224 e. The van der Waals surface area contributed by atoms with Gasteiger partial charge in [-0.25, -0.2) is 4.40 Å². The molecular weight excluding hydrogens is 233 g/mol. The van der Waals surface area contributed by atoms with Crippen LogP contribution in [0.4, 0.5) is 0 Å². The SMILES string of the molecule is CC(=NS)/C(C)=C\I. The smallest absolute Gasteiger partial charge is 0.0486 e. The van der Waals surface area contributed by atoms with Gasteiger partial charge in [0.05, 0.1) is 0 Å². The Morgan fingerprint density at radius 2 is 2.12 bits per heavy atom. The Labute approximate surface area is 69.0 Å². The molecule has 0 amide bonds. The van der Waals surface area contributed by atoms with Crippen LogP contribution in [0.15, 0.2) is 14.1 Å². The molecule has 0 fully saturated rings. The van der Waals surface area contributed by atoms with Crippen LogP contribution in [-0.2, 0) is 0 Å². The molecule has 0 aliphatic rings. The molecule has 0 rings (SSSR count). The fraction of sp³-hybridized carbons (Fsp3) is 0.400. The first-order chi connectivity index (χ1) is 3.72. The second-order valence-electron chi connectivity index (χ2n) is 1.48. The van der Waals surface area contributed by atoms with E-state index in [-0.39, 0.29) is 0 Å². The average Bonchev–Trinajstić information content (AvgIpc) is 1.84. The van der Waals surface area contributed by atoms with E-state index >= 15 is 0 Å². The van der Waals surface area contributed by atoms with Crippen molar-refractivity contribution in [1.82, 2.24) is 0 Å². The van der Waals surface area contributed by atoms with Crippen molar-refractivity contribution in [2.75, 3.05) is 0 Å². The number of halogens is 1. The van der Waals surface area contributed by atoms with Gasteiger partial charge in [-0.15, -0.1) is 0 Å². The van der Waals surface area contributed by atoms with E-state index < -0.39 is 0 Å². The zero-order valence-corrected chi connectivity index (χ0v) is 7.90. The van der Waals surface area contributed by atoms with Crippen molar-refractivity contribution < 1.29 is 0 Å². The van der Waals surface area contributed by atoms with Gasteiger partial charge in [0, 0.05) is 5.71 Å². The van der Waals surface area contributed by atoms with E-state index in [0.717, 1.165) is 5.71 Å². The molecule has 0 saturated heterocycles. The normalized spacial score (nSPS) is 14.5. The molecule has 0 aliphatic carbocycles. The summed E-state index contributed by atoms with van der Waals surface area (Å²) in [5.74, 6) is 0. The molecule has 8 heavy (non-hydrogen) atoms. The number of rotatable bonds is 1. The second kappa shape index (κ2) is 4.38. The minimum Gasteiger partial charge on any atom is -0.224 e. The van der Waals surface area contributed by atoms with E-state index in [4.69, 9.17) is 0 Å². The Morgan fingerprint density at radius 3 is 2.25 bits per heavy atom. The lowest BCUT2D eigenvalue weighted by Gasteiger charge is -1.92. The zero-order chi connectivity index (χ0) is 6.57. The summed E-state index contributed by atoms with van der Waals surface area (Å²) in [6.07, 6.45) is 0. The summed E-state index contributed by atoms with van der Waals surface area (Å²) in [4.78, 5) is 0. The van der Waals surface area contributed by atoms with Crippen molar-refractivity contribution in [1.29, 1.82) is 0 Å². The zero-order valence-electron chi connectivity index (χ0n) is 4.85. The lowest BCUT2D eigenvalue weighted by molar-refractivity contribution is 1.57. The fourth-order valence-electron chi connectivity index (χ4n) is 0.158. The molecule has 0 radical (unpaired) electrons. The molecule has 0 bridgehead atoms. The van der Waals surface area contributed by atoms with Gasteiger partial charge in [-0.2, -0.15) is 0 Å². The van der Waals surface area contributed by atoms with Crippen LogP contribution in [0, 0.1) is 0 Å². The van der Waals surface area contributed by atoms with Gasteiger partial charge >= 0.3 is 0 Å². The van der Waals surface area contributed by atoms with E-state index in [9.17, 15) is 0 Å². The fourth-order valence-corrected chi connectivity index (χ4v) is 0.766. The first kappa shape index (κ1) is 8.49. The van der Waals surface area contributed by atoms with Crippen LogP contribution in [0.1, 0.15) is 13.8 Å². The van der Waals surface area contributed by atoms with Crippen LogP contribution in [0.25, 0.3) is 0 Å². The molecule has 0 aliphatic heterocycles. The van der Waals surface area contributed by atoms with Gasteiger partial charge in [-0.05, 0) is 36.3 Å². The van der Waals surface area contributed by atoms with Gasteiger partial charge in [0.15, 0.2) is 0 Å². The van der Waals surface area contributed by atoms with Gasteiger partial charge in [0.1, 0.15) is 0 Å². The molecule has 0 spiro atoms. The monoisotopic (exact) mass is 241 g/mol. The third-order valence-electron chi connectivity index (χ3n) is 0.884. The molecule has 46 valence electrons. The predicted octanol–water partition coefficient (Wildman–Crippen LogP) is 2.63. The van der Waals surface area contributed by atoms with Crippen molar-refractivity contribution in [3.8, 4) is 0 Å². The highest BCUT2D eigenvalue weighted by Crippen LogP contribution is 2.01. The number of hydrogen-bond acceptors (Lipinski definition) is 2. The number of nitrogens with zero attached hydrogens (tertiary/aromatic N) is 1. The van der Waals surface area contributed by atoms with Gasteiger partial charge < -0.3 is 0 Å². The van der Waals surface area contributed by atoms with Gasteiger partial charge in [-0.3, -0.25) is 0 Å². The highest BCUT2D eigenvalue weighted by molar-refractivity contribution is 14.1. The van der Waals surface area contributed by atoms with Crippen LogP contribution >= 0.6 is 35.4 Å². The molecule has 0 heterocycles. The summed E-state index contributed by atoms with van der Waals surface area (Å²) in [7, 11) is 0. The first-order valence-corrected chi connectivity index (χ1v) is 3.83. The molecular formula is C5H8INS. The van der Waals surface area contributed by atoms with E-state index in [2.05, 4.69) is 39.8 Å². The number of thiol groups is 1. The maximum Gasteiger partial charge on any atom is 0.0486 e. The maximum atomic E-state index is 3.75. The molecule has 3 heteroatoms. The van der Waals surface area contributed by atoms with Crippen molar-refractivity contribution in [2.24, 2.45) is 4.40 Å². The Morgan fingerprint density at radius 1 is 1.62 bits per heavy atom. The molecule has 0 aromatic heterocycles. The summed E-state index contributed by atoms with van der Waals surface area (Å²) in [6, 6.07) is 0. The maximum absolute atomic E-state index is 3.75. The van der Waals surface area contributed by atoms with Crippen LogP contribution in [0.2, 0.25) is 0 Å². The standard InChI is InChI=1S/C5H8INS/c1-4(3-6)5(2)7-8/h3,8H,1-2H3/b4-3-,7-5?. The van der Waals surface area contributed by atoms with Gasteiger partial charge in [0.25, 0.3) is 0 Å². The first-order valence-electron chi connectivity index (χ1n) is 2.18. The molecule has 0 unspecified atom stereocenters. The molecule has 0 aromatic rings. The van der Waals surface area contributed by atoms with E-state index in [1.165, 1.54) is 5.57 Å². The molecule has 0 atom stereocenters. The van der Waals surface area contributed by atoms with Crippen molar-refractivity contribution in [3.63, 3.8) is 0 Å². The quantitative estimate of drug-likeness (QED) is 0.411. The average molecular weight is 241 g/mol. The third-order valence-corrected chi connectivity index (χ3v) is 2.12. The third kappa shape index (κ3) is 2.71. The topological polar surface area (TPSA) is 12.4 Å². The molecule has 0 aromatic carbocycles. The molecule has 1 nitrogen and oxygen atoms in total. The predicted molar refractivity (Wildman–Crippen MR) is 49.9 cm³/mol. The number of hydrogen-bond donors (Lipinski definition) is 1. The Balaban J connectivity index is 4.04. The molecule has 0 saturated carbocycles. The summed E-state index contributed by atoms with van der Waals surface area (Å²) in [6.45, 7) is 3.93. The summed E-state index contributed by atoms with van der Waals surface area (Å²) in [5.41, 5.74) is 2.14. The van der Waals surface area contributed by atoms with Crippen molar-refractivity contribution >= 4 is 41.1 Å². The summed E-state index contributed by atoms with van der Waals surface area (Å²) >= 11 is 5.93. The lowest BCUT2D eigenvalue weighted by Crippen LogP contribution is -1.88. The Hall–Kier alpha value is 0.490.